The van der Waals surface area contributed by atoms with Gasteiger partial charge in [-0.25, -0.2) is 0 Å². The van der Waals surface area contributed by atoms with Gasteiger partial charge in [-0.2, -0.15) is 0 Å². The summed E-state index contributed by atoms with van der Waals surface area (Å²) in [6, 6.07) is 9.65. The van der Waals surface area contributed by atoms with E-state index in [1.165, 1.54) is 0 Å². The fourth-order valence-corrected chi connectivity index (χ4v) is 1.68. The molecule has 1 amide bonds. The Morgan fingerprint density at radius 1 is 1.33 bits per heavy atom. The first-order chi connectivity index (χ1) is 8.61. The molecule has 1 unspecified atom stereocenters. The molecule has 0 aliphatic heterocycles. The predicted molar refractivity (Wildman–Crippen MR) is 72.3 cm³/mol. The van der Waals surface area contributed by atoms with E-state index in [1.54, 1.807) is 0 Å². The van der Waals surface area contributed by atoms with E-state index in [9.17, 15) is 9.90 Å². The Kier molecular flexibility index (Phi) is 6.39. The monoisotopic (exact) mass is 250 g/mol. The topological polar surface area (TPSA) is 52.6 Å². The Balaban J connectivity index is 2.40. The second-order valence-electron chi connectivity index (χ2n) is 4.69. The number of rotatable bonds is 7. The average Bonchev–Trinajstić information content (AvgIpc) is 2.37. The van der Waals surface area contributed by atoms with Gasteiger partial charge in [0.1, 0.15) is 0 Å². The Labute approximate surface area is 109 Å². The number of carbonyl (C=O) groups excluding carboxylic acids is 1. The van der Waals surface area contributed by atoms with Crippen LogP contribution in [0.1, 0.15) is 12.0 Å². The molecule has 0 radical (unpaired) electrons. The summed E-state index contributed by atoms with van der Waals surface area (Å²) in [5.41, 5.74) is 1.12. The van der Waals surface area contributed by atoms with E-state index in [0.29, 0.717) is 12.8 Å². The molecule has 0 aliphatic carbocycles. The van der Waals surface area contributed by atoms with Gasteiger partial charge in [-0.1, -0.05) is 30.3 Å². The average molecular weight is 250 g/mol. The van der Waals surface area contributed by atoms with Crippen LogP contribution in [-0.2, 0) is 11.2 Å². The number of carbonyl (C=O) groups is 1. The first-order valence-electron chi connectivity index (χ1n) is 6.20. The third kappa shape index (κ3) is 5.80. The Morgan fingerprint density at radius 3 is 2.56 bits per heavy atom. The highest BCUT2D eigenvalue weighted by atomic mass is 16.3. The summed E-state index contributed by atoms with van der Waals surface area (Å²) in [5, 5.41) is 12.1. The number of nitrogens with one attached hydrogen (secondary N) is 1. The van der Waals surface area contributed by atoms with Gasteiger partial charge >= 0.3 is 0 Å². The van der Waals surface area contributed by atoms with Crippen LogP contribution in [0.5, 0.6) is 0 Å². The van der Waals surface area contributed by atoms with Gasteiger partial charge in [0.2, 0.25) is 5.91 Å². The minimum Gasteiger partial charge on any atom is -0.394 e. The van der Waals surface area contributed by atoms with E-state index in [1.807, 2.05) is 49.3 Å². The fourth-order valence-electron chi connectivity index (χ4n) is 1.68. The van der Waals surface area contributed by atoms with Crippen molar-refractivity contribution in [1.29, 1.82) is 0 Å². The van der Waals surface area contributed by atoms with Crippen molar-refractivity contribution < 1.29 is 9.90 Å². The van der Waals surface area contributed by atoms with Gasteiger partial charge in [-0.3, -0.25) is 4.79 Å². The molecule has 0 spiro atoms. The van der Waals surface area contributed by atoms with E-state index in [4.69, 9.17) is 0 Å². The maximum absolute atomic E-state index is 11.7. The molecule has 18 heavy (non-hydrogen) atoms. The molecule has 1 rings (SSSR count). The minimum absolute atomic E-state index is 0.0151. The Morgan fingerprint density at radius 2 is 2.00 bits per heavy atom. The van der Waals surface area contributed by atoms with E-state index in [2.05, 4.69) is 5.32 Å². The number of aliphatic hydroxyl groups is 1. The zero-order valence-electron chi connectivity index (χ0n) is 11.1. The molecule has 0 fully saturated rings. The second kappa shape index (κ2) is 7.84. The van der Waals surface area contributed by atoms with E-state index in [0.717, 1.165) is 12.1 Å². The largest absolute Gasteiger partial charge is 0.394 e. The fraction of sp³-hybridized carbons (Fsp3) is 0.500. The lowest BCUT2D eigenvalue weighted by molar-refractivity contribution is -0.122. The van der Waals surface area contributed by atoms with Crippen molar-refractivity contribution in [2.75, 3.05) is 27.2 Å². The molecule has 2 N–H and O–H groups in total. The maximum atomic E-state index is 11.7. The Bertz CT molecular complexity index is 352. The van der Waals surface area contributed by atoms with Crippen LogP contribution in [0.3, 0.4) is 0 Å². The van der Waals surface area contributed by atoms with Gasteiger partial charge in [0.05, 0.1) is 12.6 Å². The van der Waals surface area contributed by atoms with Crippen LogP contribution < -0.4 is 5.32 Å². The number of nitrogens with zero attached hydrogens (tertiary/aromatic N) is 1. The predicted octanol–water partition coefficient (Wildman–Crippen LogP) is 0.658. The maximum Gasteiger partial charge on any atom is 0.221 e. The molecule has 1 atom stereocenters. The van der Waals surface area contributed by atoms with Gasteiger partial charge in [0.25, 0.3) is 0 Å². The first-order valence-corrected chi connectivity index (χ1v) is 6.20. The zero-order valence-corrected chi connectivity index (χ0v) is 11.1. The van der Waals surface area contributed by atoms with Crippen molar-refractivity contribution >= 4 is 5.91 Å². The summed E-state index contributed by atoms with van der Waals surface area (Å²) in [5.74, 6) is -0.0151. The molecular weight excluding hydrogens is 228 g/mol. The summed E-state index contributed by atoms with van der Waals surface area (Å²) in [6.45, 7) is 0.678. The van der Waals surface area contributed by atoms with Gasteiger partial charge in [0, 0.05) is 13.0 Å². The van der Waals surface area contributed by atoms with Crippen LogP contribution in [-0.4, -0.2) is 49.2 Å². The molecule has 0 saturated heterocycles. The summed E-state index contributed by atoms with van der Waals surface area (Å²) < 4.78 is 0. The lowest BCUT2D eigenvalue weighted by Gasteiger charge is -2.17. The molecule has 0 heterocycles. The molecule has 1 aromatic carbocycles. The van der Waals surface area contributed by atoms with Crippen molar-refractivity contribution in [2.24, 2.45) is 0 Å². The van der Waals surface area contributed by atoms with Crippen molar-refractivity contribution in [3.05, 3.63) is 35.9 Å². The molecule has 1 aromatic rings. The van der Waals surface area contributed by atoms with Crippen molar-refractivity contribution in [3.8, 4) is 0 Å². The zero-order chi connectivity index (χ0) is 13.4. The standard InChI is InChI=1S/C14H22N2O2/c1-16(2)9-8-14(18)15-13(11-17)10-12-6-4-3-5-7-12/h3-7,13,17H,8-11H2,1-2H3,(H,15,18). The van der Waals surface area contributed by atoms with Crippen LogP contribution in [0.4, 0.5) is 0 Å². The smallest absolute Gasteiger partial charge is 0.221 e. The van der Waals surface area contributed by atoms with Crippen molar-refractivity contribution in [1.82, 2.24) is 10.2 Å². The van der Waals surface area contributed by atoms with Crippen LogP contribution >= 0.6 is 0 Å². The quantitative estimate of drug-likeness (QED) is 0.747. The number of benzene rings is 1. The number of aliphatic hydroxyl groups excluding tert-OH is 1. The highest BCUT2D eigenvalue weighted by molar-refractivity contribution is 5.76. The van der Waals surface area contributed by atoms with Crippen LogP contribution in [0.25, 0.3) is 0 Å². The van der Waals surface area contributed by atoms with Crippen LogP contribution in [0.15, 0.2) is 30.3 Å². The lowest BCUT2D eigenvalue weighted by atomic mass is 10.1. The minimum atomic E-state index is -0.206. The molecule has 0 aliphatic rings. The van der Waals surface area contributed by atoms with Gasteiger partial charge in [-0.15, -0.1) is 0 Å². The van der Waals surface area contributed by atoms with Crippen molar-refractivity contribution in [2.45, 2.75) is 18.9 Å². The molecule has 0 bridgehead atoms. The first kappa shape index (κ1) is 14.7. The van der Waals surface area contributed by atoms with Gasteiger partial charge in [0.15, 0.2) is 0 Å². The number of hydrogen-bond acceptors (Lipinski definition) is 3. The highest BCUT2D eigenvalue weighted by Gasteiger charge is 2.11. The van der Waals surface area contributed by atoms with E-state index < -0.39 is 0 Å². The summed E-state index contributed by atoms with van der Waals surface area (Å²) >= 11 is 0. The van der Waals surface area contributed by atoms with Crippen LogP contribution in [0.2, 0.25) is 0 Å². The third-order valence-electron chi connectivity index (χ3n) is 2.70. The van der Waals surface area contributed by atoms with E-state index >= 15 is 0 Å². The summed E-state index contributed by atoms with van der Waals surface area (Å²) in [6.07, 6.45) is 1.11. The van der Waals surface area contributed by atoms with Crippen LogP contribution in [0, 0.1) is 0 Å². The molecule has 4 nitrogen and oxygen atoms in total. The van der Waals surface area contributed by atoms with E-state index in [-0.39, 0.29) is 18.6 Å². The highest BCUT2D eigenvalue weighted by Crippen LogP contribution is 2.03. The third-order valence-corrected chi connectivity index (χ3v) is 2.70. The van der Waals surface area contributed by atoms with Gasteiger partial charge < -0.3 is 15.3 Å². The molecule has 0 saturated carbocycles. The lowest BCUT2D eigenvalue weighted by Crippen LogP contribution is -2.40. The second-order valence-corrected chi connectivity index (χ2v) is 4.69. The molecule has 100 valence electrons. The SMILES string of the molecule is CN(C)CCC(=O)NC(CO)Cc1ccccc1. The summed E-state index contributed by atoms with van der Waals surface area (Å²) in [4.78, 5) is 13.6. The molecule has 4 heteroatoms. The van der Waals surface area contributed by atoms with Crippen molar-refractivity contribution in [3.63, 3.8) is 0 Å². The summed E-state index contributed by atoms with van der Waals surface area (Å²) in [7, 11) is 3.86. The molecule has 0 aromatic heterocycles. The van der Waals surface area contributed by atoms with Gasteiger partial charge in [-0.05, 0) is 26.1 Å². The Hall–Kier alpha value is -1.39. The normalized spacial score (nSPS) is 12.4. The number of hydrogen-bond donors (Lipinski definition) is 2. The number of amides is 1. The molecular formula is C14H22N2O2.